The maximum absolute atomic E-state index is 11.6. The van der Waals surface area contributed by atoms with E-state index in [1.807, 2.05) is 38.1 Å². The van der Waals surface area contributed by atoms with E-state index in [1.54, 1.807) is 0 Å². The number of Topliss-reactive ketones (excluding diaryl/α,β-unsaturated/α-hetero) is 1. The topological polar surface area (TPSA) is 17.1 Å². The van der Waals surface area contributed by atoms with E-state index in [0.29, 0.717) is 12.2 Å². The highest BCUT2D eigenvalue weighted by molar-refractivity contribution is 9.10. The number of carbonyl (C=O) groups is 1. The Kier molecular flexibility index (Phi) is 4.33. The molecular weight excluding hydrogens is 240 g/mol. The van der Waals surface area contributed by atoms with Crippen LogP contribution in [0.1, 0.15) is 25.8 Å². The van der Waals surface area contributed by atoms with Gasteiger partial charge < -0.3 is 0 Å². The van der Waals surface area contributed by atoms with Crippen LogP contribution in [0, 0.1) is 5.92 Å². The Balaban J connectivity index is 2.65. The largest absolute Gasteiger partial charge is 0.299 e. The second-order valence-electron chi connectivity index (χ2n) is 3.58. The zero-order chi connectivity index (χ0) is 10.6. The van der Waals surface area contributed by atoms with Crippen molar-refractivity contribution in [1.29, 1.82) is 0 Å². The van der Waals surface area contributed by atoms with E-state index in [9.17, 15) is 4.79 Å². The van der Waals surface area contributed by atoms with Gasteiger partial charge in [0.1, 0.15) is 5.78 Å². The van der Waals surface area contributed by atoms with E-state index in [-0.39, 0.29) is 5.92 Å². The van der Waals surface area contributed by atoms with Gasteiger partial charge in [0.05, 0.1) is 0 Å². The van der Waals surface area contributed by atoms with E-state index < -0.39 is 0 Å². The van der Waals surface area contributed by atoms with Crippen molar-refractivity contribution in [1.82, 2.24) is 0 Å². The monoisotopic (exact) mass is 254 g/mol. The van der Waals surface area contributed by atoms with Crippen LogP contribution in [0.3, 0.4) is 0 Å². The minimum absolute atomic E-state index is 0.175. The van der Waals surface area contributed by atoms with Crippen LogP contribution in [-0.2, 0) is 11.2 Å². The van der Waals surface area contributed by atoms with Crippen molar-refractivity contribution >= 4 is 21.7 Å². The highest BCUT2D eigenvalue weighted by atomic mass is 79.9. The van der Waals surface area contributed by atoms with Gasteiger partial charge in [-0.15, -0.1) is 0 Å². The standard InChI is InChI=1S/C12H15BrO/c1-3-9(2)12(14)8-10-5-4-6-11(13)7-10/h4-7,9H,3,8H2,1-2H3. The maximum atomic E-state index is 11.6. The molecule has 76 valence electrons. The molecule has 1 aromatic carbocycles. The summed E-state index contributed by atoms with van der Waals surface area (Å²) in [5.41, 5.74) is 1.09. The summed E-state index contributed by atoms with van der Waals surface area (Å²) in [4.78, 5) is 11.6. The van der Waals surface area contributed by atoms with Crippen LogP contribution in [-0.4, -0.2) is 5.78 Å². The molecule has 1 rings (SSSR count). The Labute approximate surface area is 93.7 Å². The Morgan fingerprint density at radius 2 is 2.21 bits per heavy atom. The molecule has 0 bridgehead atoms. The summed E-state index contributed by atoms with van der Waals surface area (Å²) in [6.07, 6.45) is 1.47. The van der Waals surface area contributed by atoms with Crippen LogP contribution in [0.4, 0.5) is 0 Å². The summed E-state index contributed by atoms with van der Waals surface area (Å²) >= 11 is 3.39. The number of rotatable bonds is 4. The molecule has 1 nitrogen and oxygen atoms in total. The lowest BCUT2D eigenvalue weighted by Crippen LogP contribution is -2.12. The van der Waals surface area contributed by atoms with Crippen LogP contribution in [0.2, 0.25) is 0 Å². The molecule has 14 heavy (non-hydrogen) atoms. The fourth-order valence-corrected chi connectivity index (χ4v) is 1.70. The van der Waals surface area contributed by atoms with Gasteiger partial charge in [0, 0.05) is 16.8 Å². The second kappa shape index (κ2) is 5.30. The number of halogens is 1. The SMILES string of the molecule is CCC(C)C(=O)Cc1cccc(Br)c1. The van der Waals surface area contributed by atoms with Crippen molar-refractivity contribution in [3.63, 3.8) is 0 Å². The lowest BCUT2D eigenvalue weighted by atomic mass is 9.98. The molecule has 0 fully saturated rings. The minimum Gasteiger partial charge on any atom is -0.299 e. The summed E-state index contributed by atoms with van der Waals surface area (Å²) < 4.78 is 1.03. The maximum Gasteiger partial charge on any atom is 0.140 e. The van der Waals surface area contributed by atoms with Crippen molar-refractivity contribution in [3.05, 3.63) is 34.3 Å². The molecule has 0 radical (unpaired) electrons. The minimum atomic E-state index is 0.175. The molecule has 0 aliphatic rings. The highest BCUT2D eigenvalue weighted by Crippen LogP contribution is 2.14. The smallest absolute Gasteiger partial charge is 0.140 e. The first-order chi connectivity index (χ1) is 6.63. The fraction of sp³-hybridized carbons (Fsp3) is 0.417. The van der Waals surface area contributed by atoms with Crippen LogP contribution >= 0.6 is 15.9 Å². The first kappa shape index (κ1) is 11.4. The molecule has 1 unspecified atom stereocenters. The Bertz CT molecular complexity index is 320. The van der Waals surface area contributed by atoms with Gasteiger partial charge in [-0.2, -0.15) is 0 Å². The third-order valence-corrected chi connectivity index (χ3v) is 2.92. The normalized spacial score (nSPS) is 12.5. The summed E-state index contributed by atoms with van der Waals surface area (Å²) in [6, 6.07) is 7.92. The van der Waals surface area contributed by atoms with Crippen molar-refractivity contribution < 1.29 is 4.79 Å². The molecule has 0 aromatic heterocycles. The summed E-state index contributed by atoms with van der Waals surface area (Å²) in [6.45, 7) is 4.03. The summed E-state index contributed by atoms with van der Waals surface area (Å²) in [7, 11) is 0. The molecule has 0 amide bonds. The van der Waals surface area contributed by atoms with Gasteiger partial charge in [-0.25, -0.2) is 0 Å². The molecule has 1 aromatic rings. The number of carbonyl (C=O) groups excluding carboxylic acids is 1. The molecule has 0 aliphatic carbocycles. The molecule has 0 saturated carbocycles. The molecule has 0 heterocycles. The van der Waals surface area contributed by atoms with Gasteiger partial charge >= 0.3 is 0 Å². The van der Waals surface area contributed by atoms with E-state index in [1.165, 1.54) is 0 Å². The summed E-state index contributed by atoms with van der Waals surface area (Å²) in [5, 5.41) is 0. The Hall–Kier alpha value is -0.630. The van der Waals surface area contributed by atoms with E-state index >= 15 is 0 Å². The second-order valence-corrected chi connectivity index (χ2v) is 4.50. The lowest BCUT2D eigenvalue weighted by Gasteiger charge is -2.07. The molecule has 0 spiro atoms. The molecule has 0 N–H and O–H groups in total. The van der Waals surface area contributed by atoms with Crippen molar-refractivity contribution in [2.75, 3.05) is 0 Å². The van der Waals surface area contributed by atoms with Crippen LogP contribution in [0.25, 0.3) is 0 Å². The van der Waals surface area contributed by atoms with E-state index in [0.717, 1.165) is 16.5 Å². The van der Waals surface area contributed by atoms with Gasteiger partial charge in [0.2, 0.25) is 0 Å². The first-order valence-corrected chi connectivity index (χ1v) is 5.70. The van der Waals surface area contributed by atoms with Gasteiger partial charge in [-0.3, -0.25) is 4.79 Å². The summed E-state index contributed by atoms with van der Waals surface area (Å²) in [5.74, 6) is 0.500. The van der Waals surface area contributed by atoms with Crippen molar-refractivity contribution in [2.24, 2.45) is 5.92 Å². The third-order valence-electron chi connectivity index (χ3n) is 2.43. The average Bonchev–Trinajstić information content (AvgIpc) is 2.16. The van der Waals surface area contributed by atoms with Gasteiger partial charge in [-0.1, -0.05) is 41.9 Å². The van der Waals surface area contributed by atoms with Crippen LogP contribution in [0.5, 0.6) is 0 Å². The average molecular weight is 255 g/mol. The lowest BCUT2D eigenvalue weighted by molar-refractivity contribution is -0.121. The zero-order valence-corrected chi connectivity index (χ0v) is 10.2. The third kappa shape index (κ3) is 3.26. The predicted molar refractivity (Wildman–Crippen MR) is 62.3 cm³/mol. The first-order valence-electron chi connectivity index (χ1n) is 4.90. The molecule has 2 heteroatoms. The van der Waals surface area contributed by atoms with E-state index in [4.69, 9.17) is 0 Å². The number of hydrogen-bond donors (Lipinski definition) is 0. The van der Waals surface area contributed by atoms with Gasteiger partial charge in [-0.05, 0) is 24.1 Å². The van der Waals surface area contributed by atoms with Crippen LogP contribution < -0.4 is 0 Å². The number of hydrogen-bond acceptors (Lipinski definition) is 1. The van der Waals surface area contributed by atoms with Gasteiger partial charge in [0.25, 0.3) is 0 Å². The Morgan fingerprint density at radius 3 is 2.79 bits per heavy atom. The molecule has 0 saturated heterocycles. The molecular formula is C12H15BrO. The highest BCUT2D eigenvalue weighted by Gasteiger charge is 2.10. The van der Waals surface area contributed by atoms with Gasteiger partial charge in [0.15, 0.2) is 0 Å². The number of benzene rings is 1. The van der Waals surface area contributed by atoms with Crippen LogP contribution in [0.15, 0.2) is 28.7 Å². The van der Waals surface area contributed by atoms with Crippen molar-refractivity contribution in [3.8, 4) is 0 Å². The Morgan fingerprint density at radius 1 is 1.50 bits per heavy atom. The number of ketones is 1. The molecule has 1 atom stereocenters. The molecule has 0 aliphatic heterocycles. The predicted octanol–water partition coefficient (Wildman–Crippen LogP) is 3.61. The van der Waals surface area contributed by atoms with E-state index in [2.05, 4.69) is 15.9 Å². The fourth-order valence-electron chi connectivity index (χ4n) is 1.25. The van der Waals surface area contributed by atoms with Crippen molar-refractivity contribution in [2.45, 2.75) is 26.7 Å². The quantitative estimate of drug-likeness (QED) is 0.803. The zero-order valence-electron chi connectivity index (χ0n) is 8.59.